The van der Waals surface area contributed by atoms with Gasteiger partial charge in [-0.05, 0) is 30.2 Å². The minimum absolute atomic E-state index is 0.0387. The summed E-state index contributed by atoms with van der Waals surface area (Å²) in [5.41, 5.74) is 1.92. The van der Waals surface area contributed by atoms with Crippen molar-refractivity contribution in [2.24, 2.45) is 0 Å². The monoisotopic (exact) mass is 402 g/mol. The molecule has 7 nitrogen and oxygen atoms in total. The van der Waals surface area contributed by atoms with E-state index in [4.69, 9.17) is 21.1 Å². The summed E-state index contributed by atoms with van der Waals surface area (Å²) >= 11 is 6.07. The number of urea groups is 1. The van der Waals surface area contributed by atoms with Gasteiger partial charge in [-0.1, -0.05) is 41.9 Å². The van der Waals surface area contributed by atoms with Crippen molar-refractivity contribution in [3.8, 4) is 11.5 Å². The number of carbonyl (C=O) groups excluding carboxylic acids is 2. The van der Waals surface area contributed by atoms with Crippen molar-refractivity contribution in [2.45, 2.75) is 19.6 Å². The number of esters is 1. The lowest BCUT2D eigenvalue weighted by Gasteiger charge is -2.28. The summed E-state index contributed by atoms with van der Waals surface area (Å²) in [4.78, 5) is 24.8. The Morgan fingerprint density at radius 1 is 1.25 bits per heavy atom. The molecule has 0 aliphatic carbocycles. The molecule has 28 heavy (non-hydrogen) atoms. The zero-order valence-corrected chi connectivity index (χ0v) is 16.0. The molecule has 1 heterocycles. The lowest BCUT2D eigenvalue weighted by Crippen LogP contribution is -2.45. The molecule has 0 fully saturated rings. The van der Waals surface area contributed by atoms with Crippen molar-refractivity contribution >= 4 is 23.6 Å². The van der Waals surface area contributed by atoms with Crippen molar-refractivity contribution in [3.63, 3.8) is 0 Å². The first-order valence-corrected chi connectivity index (χ1v) is 8.84. The van der Waals surface area contributed by atoms with Gasteiger partial charge in [0.05, 0.1) is 23.7 Å². The summed E-state index contributed by atoms with van der Waals surface area (Å²) in [6.07, 6.45) is 0. The fourth-order valence-electron chi connectivity index (χ4n) is 2.93. The summed E-state index contributed by atoms with van der Waals surface area (Å²) < 4.78 is 10.6. The minimum atomic E-state index is -0.816. The van der Waals surface area contributed by atoms with Gasteiger partial charge in [0.25, 0.3) is 0 Å². The van der Waals surface area contributed by atoms with Gasteiger partial charge in [-0.15, -0.1) is 0 Å². The maximum atomic E-state index is 12.8. The standard InChI is InChI=1S/C20H19ClN2O5/c1-11-16(19(25)28-10-12-6-4-3-5-7-12)17(23-20(26)22-11)13-8-14(21)18(24)15(9-13)27-2/h3-9,17,24H,10H2,1-2H3,(H2,22,23,26)/t17-/m0/s1. The Labute approximate surface area is 166 Å². The summed E-state index contributed by atoms with van der Waals surface area (Å²) in [5, 5.41) is 15.3. The lowest BCUT2D eigenvalue weighted by atomic mass is 9.95. The fraction of sp³-hybridized carbons (Fsp3) is 0.200. The summed E-state index contributed by atoms with van der Waals surface area (Å²) in [7, 11) is 1.38. The Hall–Kier alpha value is -3.19. The highest BCUT2D eigenvalue weighted by Crippen LogP contribution is 2.39. The summed E-state index contributed by atoms with van der Waals surface area (Å²) in [5.74, 6) is -0.672. The number of nitrogens with one attached hydrogen (secondary N) is 2. The zero-order valence-electron chi connectivity index (χ0n) is 15.3. The second kappa shape index (κ2) is 8.22. The molecule has 3 rings (SSSR count). The molecular formula is C20H19ClN2O5. The quantitative estimate of drug-likeness (QED) is 0.666. The number of methoxy groups -OCH3 is 1. The van der Waals surface area contributed by atoms with E-state index in [-0.39, 0.29) is 28.7 Å². The average molecular weight is 403 g/mol. The molecule has 1 aliphatic rings. The van der Waals surface area contributed by atoms with E-state index in [1.165, 1.54) is 19.2 Å². The number of amides is 2. The predicted octanol–water partition coefficient (Wildman–Crippen LogP) is 3.43. The maximum absolute atomic E-state index is 12.8. The molecule has 0 saturated heterocycles. The van der Waals surface area contributed by atoms with Gasteiger partial charge in [0.2, 0.25) is 0 Å². The van der Waals surface area contributed by atoms with E-state index in [0.29, 0.717) is 11.3 Å². The molecule has 0 spiro atoms. The molecule has 0 aromatic heterocycles. The highest BCUT2D eigenvalue weighted by molar-refractivity contribution is 6.32. The summed E-state index contributed by atoms with van der Waals surface area (Å²) in [6, 6.07) is 11.0. The molecule has 2 amide bonds. The highest BCUT2D eigenvalue weighted by atomic mass is 35.5. The van der Waals surface area contributed by atoms with Crippen LogP contribution in [0.5, 0.6) is 11.5 Å². The van der Waals surface area contributed by atoms with Crippen molar-refractivity contribution in [2.75, 3.05) is 7.11 Å². The summed E-state index contributed by atoms with van der Waals surface area (Å²) in [6.45, 7) is 1.71. The Bertz CT molecular complexity index is 943. The van der Waals surface area contributed by atoms with Crippen LogP contribution in [0.1, 0.15) is 24.1 Å². The first-order valence-electron chi connectivity index (χ1n) is 8.46. The molecule has 1 atom stereocenters. The van der Waals surface area contributed by atoms with Crippen LogP contribution in [0, 0.1) is 0 Å². The Kier molecular flexibility index (Phi) is 5.75. The second-order valence-electron chi connectivity index (χ2n) is 6.19. The number of allylic oxidation sites excluding steroid dienone is 1. The number of benzene rings is 2. The number of hydrogen-bond acceptors (Lipinski definition) is 5. The number of carbonyl (C=O) groups is 2. The minimum Gasteiger partial charge on any atom is -0.503 e. The zero-order chi connectivity index (χ0) is 20.3. The van der Waals surface area contributed by atoms with Crippen molar-refractivity contribution in [1.82, 2.24) is 10.6 Å². The number of rotatable bonds is 5. The largest absolute Gasteiger partial charge is 0.503 e. The molecule has 0 saturated carbocycles. The van der Waals surface area contributed by atoms with E-state index in [0.717, 1.165) is 5.56 Å². The van der Waals surface area contributed by atoms with E-state index in [1.54, 1.807) is 6.92 Å². The van der Waals surface area contributed by atoms with Gasteiger partial charge in [-0.3, -0.25) is 0 Å². The molecule has 0 unspecified atom stereocenters. The van der Waals surface area contributed by atoms with Gasteiger partial charge in [0, 0.05) is 5.70 Å². The van der Waals surface area contributed by atoms with Crippen LogP contribution < -0.4 is 15.4 Å². The van der Waals surface area contributed by atoms with Crippen LogP contribution in [0.3, 0.4) is 0 Å². The Morgan fingerprint density at radius 2 is 1.96 bits per heavy atom. The molecule has 146 valence electrons. The Balaban J connectivity index is 1.93. The average Bonchev–Trinajstić information content (AvgIpc) is 2.68. The third-order valence-corrected chi connectivity index (χ3v) is 4.59. The smallest absolute Gasteiger partial charge is 0.338 e. The van der Waals surface area contributed by atoms with Gasteiger partial charge >= 0.3 is 12.0 Å². The van der Waals surface area contributed by atoms with Gasteiger partial charge < -0.3 is 25.2 Å². The first-order chi connectivity index (χ1) is 13.4. The predicted molar refractivity (Wildman–Crippen MR) is 103 cm³/mol. The van der Waals surface area contributed by atoms with Gasteiger partial charge in [-0.2, -0.15) is 0 Å². The lowest BCUT2D eigenvalue weighted by molar-refractivity contribution is -0.140. The number of phenolic OH excluding ortho intramolecular Hbond substituents is 1. The second-order valence-corrected chi connectivity index (χ2v) is 6.59. The van der Waals surface area contributed by atoms with Crippen LogP contribution in [0.2, 0.25) is 5.02 Å². The van der Waals surface area contributed by atoms with Crippen molar-refractivity contribution in [1.29, 1.82) is 0 Å². The number of halogens is 1. The highest BCUT2D eigenvalue weighted by Gasteiger charge is 2.33. The first kappa shape index (κ1) is 19.6. The molecule has 0 bridgehead atoms. The number of phenols is 1. The fourth-order valence-corrected chi connectivity index (χ4v) is 3.15. The third kappa shape index (κ3) is 4.04. The molecule has 8 heteroatoms. The molecule has 2 aromatic rings. The molecule has 2 aromatic carbocycles. The van der Waals surface area contributed by atoms with E-state index in [1.807, 2.05) is 30.3 Å². The van der Waals surface area contributed by atoms with E-state index >= 15 is 0 Å². The van der Waals surface area contributed by atoms with Crippen LogP contribution in [0.25, 0.3) is 0 Å². The third-order valence-electron chi connectivity index (χ3n) is 4.31. The van der Waals surface area contributed by atoms with E-state index < -0.39 is 18.0 Å². The maximum Gasteiger partial charge on any atom is 0.338 e. The van der Waals surface area contributed by atoms with Crippen LogP contribution in [0.15, 0.2) is 53.7 Å². The van der Waals surface area contributed by atoms with Crippen molar-refractivity contribution in [3.05, 3.63) is 69.9 Å². The van der Waals surface area contributed by atoms with Gasteiger partial charge in [0.15, 0.2) is 11.5 Å². The normalized spacial score (nSPS) is 16.2. The van der Waals surface area contributed by atoms with Crippen LogP contribution in [0.4, 0.5) is 4.79 Å². The molecule has 1 aliphatic heterocycles. The number of ether oxygens (including phenoxy) is 2. The molecule has 0 radical (unpaired) electrons. The van der Waals surface area contributed by atoms with Gasteiger partial charge in [-0.25, -0.2) is 9.59 Å². The van der Waals surface area contributed by atoms with Gasteiger partial charge in [0.1, 0.15) is 6.61 Å². The van der Waals surface area contributed by atoms with E-state index in [9.17, 15) is 14.7 Å². The Morgan fingerprint density at radius 3 is 2.64 bits per heavy atom. The number of hydrogen-bond donors (Lipinski definition) is 3. The SMILES string of the molecule is COc1cc([C@@H]2NC(=O)NC(C)=C2C(=O)OCc2ccccc2)cc(Cl)c1O. The van der Waals surface area contributed by atoms with E-state index in [2.05, 4.69) is 10.6 Å². The van der Waals surface area contributed by atoms with Crippen LogP contribution in [-0.4, -0.2) is 24.2 Å². The molecular weight excluding hydrogens is 384 g/mol. The molecule has 3 N–H and O–H groups in total. The number of aromatic hydroxyl groups is 1. The van der Waals surface area contributed by atoms with Crippen molar-refractivity contribution < 1.29 is 24.2 Å². The van der Waals surface area contributed by atoms with Crippen LogP contribution in [-0.2, 0) is 16.1 Å². The topological polar surface area (TPSA) is 96.9 Å². The van der Waals surface area contributed by atoms with Crippen LogP contribution >= 0.6 is 11.6 Å².